The smallest absolute Gasteiger partial charge is 0.211 e. The Morgan fingerprint density at radius 1 is 1.11 bits per heavy atom. The molecule has 4 nitrogen and oxygen atoms in total. The maximum atomic E-state index is 12.0. The van der Waals surface area contributed by atoms with Gasteiger partial charge >= 0.3 is 0 Å². The van der Waals surface area contributed by atoms with E-state index in [9.17, 15) is 8.42 Å². The van der Waals surface area contributed by atoms with E-state index in [1.807, 2.05) is 0 Å². The summed E-state index contributed by atoms with van der Waals surface area (Å²) in [6, 6.07) is -0.0427. The minimum Gasteiger partial charge on any atom is -0.329 e. The van der Waals surface area contributed by atoms with Crippen molar-refractivity contribution in [1.29, 1.82) is 0 Å². The van der Waals surface area contributed by atoms with Crippen molar-refractivity contribution in [2.24, 2.45) is 17.6 Å². The first-order chi connectivity index (χ1) is 8.61. The topological polar surface area (TPSA) is 72.2 Å². The van der Waals surface area contributed by atoms with Crippen LogP contribution >= 0.6 is 12.4 Å². The van der Waals surface area contributed by atoms with E-state index in [-0.39, 0.29) is 24.2 Å². The number of sulfonamides is 1. The van der Waals surface area contributed by atoms with Gasteiger partial charge in [0.05, 0.1) is 5.75 Å². The molecule has 2 aliphatic carbocycles. The van der Waals surface area contributed by atoms with Crippen LogP contribution in [-0.4, -0.2) is 26.8 Å². The number of hydrogen-bond donors (Lipinski definition) is 2. The molecule has 0 bridgehead atoms. The highest BCUT2D eigenvalue weighted by Gasteiger charge is 2.28. The monoisotopic (exact) mass is 310 g/mol. The highest BCUT2D eigenvalue weighted by atomic mass is 35.5. The number of rotatable bonds is 7. The van der Waals surface area contributed by atoms with Crippen molar-refractivity contribution in [3.8, 4) is 0 Å². The first-order valence-electron chi connectivity index (χ1n) is 7.31. The Labute approximate surface area is 123 Å². The predicted molar refractivity (Wildman–Crippen MR) is 80.9 cm³/mol. The molecular weight excluding hydrogens is 284 g/mol. The molecule has 0 radical (unpaired) electrons. The van der Waals surface area contributed by atoms with Gasteiger partial charge in [-0.1, -0.05) is 32.1 Å². The van der Waals surface area contributed by atoms with E-state index < -0.39 is 10.0 Å². The average Bonchev–Trinajstić information content (AvgIpc) is 2.77. The van der Waals surface area contributed by atoms with Crippen LogP contribution in [0.4, 0.5) is 0 Å². The van der Waals surface area contributed by atoms with Gasteiger partial charge in [-0.25, -0.2) is 13.1 Å². The van der Waals surface area contributed by atoms with E-state index in [2.05, 4.69) is 4.72 Å². The Balaban J connectivity index is 0.00000180. The molecule has 3 N–H and O–H groups in total. The van der Waals surface area contributed by atoms with Gasteiger partial charge in [-0.05, 0) is 31.1 Å². The van der Waals surface area contributed by atoms with E-state index in [1.165, 1.54) is 32.1 Å². The summed E-state index contributed by atoms with van der Waals surface area (Å²) in [6.45, 7) is 0.424. The molecule has 2 saturated carbocycles. The SMILES string of the molecule is Cl.NCC(NS(=O)(=O)CCC1CCC1)C1CCCC1. The Morgan fingerprint density at radius 2 is 1.74 bits per heavy atom. The van der Waals surface area contributed by atoms with Crippen LogP contribution in [0.1, 0.15) is 51.4 Å². The molecule has 1 unspecified atom stereocenters. The molecule has 0 heterocycles. The van der Waals surface area contributed by atoms with Gasteiger partial charge in [0.25, 0.3) is 0 Å². The van der Waals surface area contributed by atoms with E-state index in [0.717, 1.165) is 19.3 Å². The van der Waals surface area contributed by atoms with Crippen molar-refractivity contribution in [1.82, 2.24) is 4.72 Å². The minimum absolute atomic E-state index is 0. The summed E-state index contributed by atoms with van der Waals surface area (Å²) in [5, 5.41) is 0. The quantitative estimate of drug-likeness (QED) is 0.756. The molecule has 1 atom stereocenters. The summed E-state index contributed by atoms with van der Waals surface area (Å²) < 4.78 is 26.9. The Morgan fingerprint density at radius 3 is 2.21 bits per heavy atom. The largest absolute Gasteiger partial charge is 0.329 e. The van der Waals surface area contributed by atoms with Crippen molar-refractivity contribution >= 4 is 22.4 Å². The van der Waals surface area contributed by atoms with Crippen molar-refractivity contribution in [2.45, 2.75) is 57.4 Å². The third-order valence-electron chi connectivity index (χ3n) is 4.57. The minimum atomic E-state index is -3.13. The highest BCUT2D eigenvalue weighted by molar-refractivity contribution is 7.89. The third kappa shape index (κ3) is 5.21. The van der Waals surface area contributed by atoms with Crippen molar-refractivity contribution in [2.75, 3.05) is 12.3 Å². The zero-order chi connectivity index (χ0) is 13.0. The average molecular weight is 311 g/mol. The van der Waals surface area contributed by atoms with Gasteiger partial charge in [-0.2, -0.15) is 0 Å². The van der Waals surface area contributed by atoms with Crippen molar-refractivity contribution < 1.29 is 8.42 Å². The standard InChI is InChI=1S/C13H26N2O2S.ClH/c14-10-13(12-6-1-2-7-12)15-18(16,17)9-8-11-4-3-5-11;/h11-13,15H,1-10,14H2;1H. The zero-order valence-corrected chi connectivity index (χ0v) is 13.1. The molecule has 0 aromatic heterocycles. The molecule has 0 aromatic rings. The third-order valence-corrected chi connectivity index (χ3v) is 6.01. The highest BCUT2D eigenvalue weighted by Crippen LogP contribution is 2.30. The van der Waals surface area contributed by atoms with Crippen molar-refractivity contribution in [3.63, 3.8) is 0 Å². The lowest BCUT2D eigenvalue weighted by Crippen LogP contribution is -2.45. The molecular formula is C13H27ClN2O2S. The predicted octanol–water partition coefficient (Wildman–Crippen LogP) is 2.04. The van der Waals surface area contributed by atoms with Gasteiger partial charge in [0, 0.05) is 12.6 Å². The zero-order valence-electron chi connectivity index (χ0n) is 11.5. The van der Waals surface area contributed by atoms with Crippen LogP contribution in [0.2, 0.25) is 0 Å². The molecule has 0 aliphatic heterocycles. The molecule has 0 aromatic carbocycles. The summed E-state index contributed by atoms with van der Waals surface area (Å²) in [4.78, 5) is 0. The molecule has 2 rings (SSSR count). The second-order valence-corrected chi connectivity index (χ2v) is 7.78. The molecule has 2 aliphatic rings. The molecule has 0 amide bonds. The summed E-state index contributed by atoms with van der Waals surface area (Å²) in [7, 11) is -3.13. The van der Waals surface area contributed by atoms with Crippen molar-refractivity contribution in [3.05, 3.63) is 0 Å². The van der Waals surface area contributed by atoms with Gasteiger partial charge in [0.1, 0.15) is 0 Å². The molecule has 0 saturated heterocycles. The fourth-order valence-corrected chi connectivity index (χ4v) is 4.60. The molecule has 2 fully saturated rings. The summed E-state index contributed by atoms with van der Waals surface area (Å²) in [6.07, 6.45) is 9.16. The van der Waals surface area contributed by atoms with Crippen LogP contribution in [0.15, 0.2) is 0 Å². The maximum absolute atomic E-state index is 12.0. The van der Waals surface area contributed by atoms with Gasteiger partial charge in [-0.3, -0.25) is 0 Å². The second kappa shape index (κ2) is 7.81. The fraction of sp³-hybridized carbons (Fsp3) is 1.00. The normalized spacial score (nSPS) is 22.8. The molecule has 19 heavy (non-hydrogen) atoms. The molecule has 0 spiro atoms. The summed E-state index contributed by atoms with van der Waals surface area (Å²) in [5.41, 5.74) is 5.73. The van der Waals surface area contributed by atoms with Crippen LogP contribution in [0, 0.1) is 11.8 Å². The van der Waals surface area contributed by atoms with Crippen LogP contribution in [-0.2, 0) is 10.0 Å². The van der Waals surface area contributed by atoms with E-state index in [0.29, 0.717) is 18.4 Å². The van der Waals surface area contributed by atoms with Gasteiger partial charge in [0.2, 0.25) is 10.0 Å². The second-order valence-electron chi connectivity index (χ2n) is 5.91. The van der Waals surface area contributed by atoms with Crippen LogP contribution in [0.25, 0.3) is 0 Å². The van der Waals surface area contributed by atoms with Gasteiger partial charge < -0.3 is 5.73 Å². The van der Waals surface area contributed by atoms with Gasteiger partial charge in [-0.15, -0.1) is 12.4 Å². The van der Waals surface area contributed by atoms with E-state index in [1.54, 1.807) is 0 Å². The van der Waals surface area contributed by atoms with Gasteiger partial charge in [0.15, 0.2) is 0 Å². The maximum Gasteiger partial charge on any atom is 0.211 e. The van der Waals surface area contributed by atoms with Crippen LogP contribution < -0.4 is 10.5 Å². The molecule has 6 heteroatoms. The number of nitrogens with two attached hydrogens (primary N) is 1. The van der Waals surface area contributed by atoms with E-state index >= 15 is 0 Å². The first kappa shape index (κ1) is 17.2. The number of nitrogens with one attached hydrogen (secondary N) is 1. The van der Waals surface area contributed by atoms with Crippen LogP contribution in [0.3, 0.4) is 0 Å². The van der Waals surface area contributed by atoms with E-state index in [4.69, 9.17) is 5.73 Å². The number of hydrogen-bond acceptors (Lipinski definition) is 3. The summed E-state index contributed by atoms with van der Waals surface area (Å²) >= 11 is 0. The first-order valence-corrected chi connectivity index (χ1v) is 8.96. The van der Waals surface area contributed by atoms with Crippen LogP contribution in [0.5, 0.6) is 0 Å². The molecule has 114 valence electrons. The summed E-state index contributed by atoms with van der Waals surface area (Å²) in [5.74, 6) is 1.37. The lowest BCUT2D eigenvalue weighted by atomic mass is 9.84. The fourth-order valence-electron chi connectivity index (χ4n) is 3.09. The Bertz CT molecular complexity index is 352. The lowest BCUT2D eigenvalue weighted by Gasteiger charge is -2.26. The Hall–Kier alpha value is 0.160. The Kier molecular flexibility index (Phi) is 7.08. The lowest BCUT2D eigenvalue weighted by molar-refractivity contribution is 0.306. The number of halogens is 1.